The van der Waals surface area contributed by atoms with Gasteiger partial charge in [-0.1, -0.05) is 18.5 Å². The van der Waals surface area contributed by atoms with Crippen molar-refractivity contribution in [1.82, 2.24) is 5.32 Å². The zero-order valence-corrected chi connectivity index (χ0v) is 12.9. The quantitative estimate of drug-likeness (QED) is 0.776. The van der Waals surface area contributed by atoms with Gasteiger partial charge in [-0.2, -0.15) is 11.8 Å². The van der Waals surface area contributed by atoms with E-state index in [4.69, 9.17) is 16.3 Å². The van der Waals surface area contributed by atoms with Gasteiger partial charge in [0.05, 0.1) is 7.11 Å². The molecular formula is C14H22ClNOS. The summed E-state index contributed by atoms with van der Waals surface area (Å²) in [6.45, 7) is 3.18. The summed E-state index contributed by atoms with van der Waals surface area (Å²) in [4.78, 5) is 0. The summed E-state index contributed by atoms with van der Waals surface area (Å²) in [6, 6.07) is 6.13. The Morgan fingerprint density at radius 1 is 1.44 bits per heavy atom. The van der Waals surface area contributed by atoms with Gasteiger partial charge in [0, 0.05) is 16.6 Å². The molecular weight excluding hydrogens is 266 g/mol. The Labute approximate surface area is 119 Å². The van der Waals surface area contributed by atoms with Crippen molar-refractivity contribution >= 4 is 23.4 Å². The van der Waals surface area contributed by atoms with Crippen molar-refractivity contribution in [2.24, 2.45) is 0 Å². The van der Waals surface area contributed by atoms with Crippen molar-refractivity contribution in [3.63, 3.8) is 0 Å². The molecule has 2 nitrogen and oxygen atoms in total. The lowest BCUT2D eigenvalue weighted by Gasteiger charge is -2.21. The van der Waals surface area contributed by atoms with E-state index in [9.17, 15) is 0 Å². The molecule has 0 aliphatic rings. The highest BCUT2D eigenvalue weighted by Crippen LogP contribution is 2.30. The Hall–Kier alpha value is -0.380. The van der Waals surface area contributed by atoms with E-state index < -0.39 is 0 Å². The molecule has 1 aromatic carbocycles. The predicted octanol–water partition coefficient (Wildman–Crippen LogP) is 4.14. The van der Waals surface area contributed by atoms with Crippen molar-refractivity contribution in [2.45, 2.75) is 25.8 Å². The minimum Gasteiger partial charge on any atom is -0.496 e. The number of thioether (sulfide) groups is 1. The van der Waals surface area contributed by atoms with E-state index in [1.54, 1.807) is 7.11 Å². The van der Waals surface area contributed by atoms with Gasteiger partial charge >= 0.3 is 0 Å². The number of hydrogen-bond acceptors (Lipinski definition) is 3. The van der Waals surface area contributed by atoms with E-state index in [-0.39, 0.29) is 0 Å². The zero-order chi connectivity index (χ0) is 13.4. The monoisotopic (exact) mass is 287 g/mol. The molecule has 0 aliphatic heterocycles. The van der Waals surface area contributed by atoms with E-state index in [0.717, 1.165) is 41.5 Å². The average Bonchev–Trinajstić information content (AvgIpc) is 2.39. The van der Waals surface area contributed by atoms with Crippen LogP contribution in [0.1, 0.15) is 31.4 Å². The minimum absolute atomic E-state index is 0.311. The van der Waals surface area contributed by atoms with Gasteiger partial charge in [0.25, 0.3) is 0 Å². The maximum Gasteiger partial charge on any atom is 0.123 e. The van der Waals surface area contributed by atoms with Crippen LogP contribution in [0.3, 0.4) is 0 Å². The van der Waals surface area contributed by atoms with Gasteiger partial charge in [-0.05, 0) is 49.6 Å². The highest BCUT2D eigenvalue weighted by Gasteiger charge is 2.15. The number of methoxy groups -OCH3 is 1. The second kappa shape index (κ2) is 8.68. The van der Waals surface area contributed by atoms with Gasteiger partial charge < -0.3 is 10.1 Å². The molecule has 1 aromatic rings. The molecule has 102 valence electrons. The molecule has 0 saturated heterocycles. The number of nitrogens with one attached hydrogen (secondary N) is 1. The van der Waals surface area contributed by atoms with Crippen LogP contribution >= 0.6 is 23.4 Å². The Bertz CT molecular complexity index is 352. The molecule has 0 bridgehead atoms. The third-order valence-electron chi connectivity index (χ3n) is 2.82. The van der Waals surface area contributed by atoms with Crippen LogP contribution in [0.4, 0.5) is 0 Å². The fraction of sp³-hybridized carbons (Fsp3) is 0.571. The van der Waals surface area contributed by atoms with Crippen molar-refractivity contribution in [3.05, 3.63) is 28.8 Å². The SMILES string of the molecule is CCCNC(CCSC)c1cc(Cl)ccc1OC. The highest BCUT2D eigenvalue weighted by atomic mass is 35.5. The summed E-state index contributed by atoms with van der Waals surface area (Å²) >= 11 is 7.96. The first-order valence-corrected chi connectivity index (χ1v) is 8.05. The van der Waals surface area contributed by atoms with Crippen molar-refractivity contribution in [2.75, 3.05) is 25.7 Å². The molecule has 4 heteroatoms. The number of halogens is 1. The fourth-order valence-electron chi connectivity index (χ4n) is 1.90. The standard InChI is InChI=1S/C14H22ClNOS/c1-4-8-16-13(7-9-18-3)12-10-11(15)5-6-14(12)17-2/h5-6,10,13,16H,4,7-9H2,1-3H3. The molecule has 0 spiro atoms. The van der Waals surface area contributed by atoms with Crippen LogP contribution in [0.15, 0.2) is 18.2 Å². The maximum absolute atomic E-state index is 6.10. The van der Waals surface area contributed by atoms with Crippen molar-refractivity contribution in [1.29, 1.82) is 0 Å². The fourth-order valence-corrected chi connectivity index (χ4v) is 2.55. The van der Waals surface area contributed by atoms with E-state index in [1.807, 2.05) is 30.0 Å². The smallest absolute Gasteiger partial charge is 0.123 e. The number of rotatable bonds is 8. The number of benzene rings is 1. The lowest BCUT2D eigenvalue weighted by Crippen LogP contribution is -2.23. The summed E-state index contributed by atoms with van der Waals surface area (Å²) < 4.78 is 5.44. The van der Waals surface area contributed by atoms with Crippen LogP contribution in [-0.2, 0) is 0 Å². The molecule has 18 heavy (non-hydrogen) atoms. The molecule has 1 rings (SSSR count). The van der Waals surface area contributed by atoms with Crippen LogP contribution < -0.4 is 10.1 Å². The van der Waals surface area contributed by atoms with Crippen LogP contribution in [0.2, 0.25) is 5.02 Å². The summed E-state index contributed by atoms with van der Waals surface area (Å²) in [5.74, 6) is 2.03. The first kappa shape index (κ1) is 15.7. The molecule has 0 amide bonds. The van der Waals surface area contributed by atoms with Gasteiger partial charge in [-0.15, -0.1) is 0 Å². The molecule has 1 atom stereocenters. The largest absolute Gasteiger partial charge is 0.496 e. The maximum atomic E-state index is 6.10. The molecule has 0 radical (unpaired) electrons. The third-order valence-corrected chi connectivity index (χ3v) is 3.70. The van der Waals surface area contributed by atoms with Gasteiger partial charge in [-0.25, -0.2) is 0 Å². The molecule has 0 aromatic heterocycles. The lowest BCUT2D eigenvalue weighted by atomic mass is 10.0. The summed E-state index contributed by atoms with van der Waals surface area (Å²) in [5.41, 5.74) is 1.16. The van der Waals surface area contributed by atoms with Crippen LogP contribution in [0.5, 0.6) is 5.75 Å². The third kappa shape index (κ3) is 4.71. The van der Waals surface area contributed by atoms with Crippen molar-refractivity contribution in [3.8, 4) is 5.75 Å². The molecule has 0 fully saturated rings. The summed E-state index contributed by atoms with van der Waals surface area (Å²) in [5, 5.41) is 4.33. The normalized spacial score (nSPS) is 12.4. The average molecular weight is 288 g/mol. The van der Waals surface area contributed by atoms with E-state index >= 15 is 0 Å². The minimum atomic E-state index is 0.311. The zero-order valence-electron chi connectivity index (χ0n) is 11.3. The molecule has 1 unspecified atom stereocenters. The van der Waals surface area contributed by atoms with Crippen molar-refractivity contribution < 1.29 is 4.74 Å². The van der Waals surface area contributed by atoms with Gasteiger partial charge in [0.1, 0.15) is 5.75 Å². The molecule has 0 heterocycles. The van der Waals surface area contributed by atoms with Gasteiger partial charge in [-0.3, -0.25) is 0 Å². The second-order valence-corrected chi connectivity index (χ2v) is 5.60. The molecule has 0 aliphatic carbocycles. The van der Waals surface area contributed by atoms with E-state index in [1.165, 1.54) is 0 Å². The number of ether oxygens (including phenoxy) is 1. The Morgan fingerprint density at radius 2 is 2.22 bits per heavy atom. The highest BCUT2D eigenvalue weighted by molar-refractivity contribution is 7.98. The predicted molar refractivity (Wildman–Crippen MR) is 82.0 cm³/mol. The van der Waals surface area contributed by atoms with Crippen LogP contribution in [0, 0.1) is 0 Å². The summed E-state index contributed by atoms with van der Waals surface area (Å²) in [6.07, 6.45) is 4.34. The van der Waals surface area contributed by atoms with E-state index in [2.05, 4.69) is 18.5 Å². The first-order chi connectivity index (χ1) is 8.72. The number of hydrogen-bond donors (Lipinski definition) is 1. The van der Waals surface area contributed by atoms with Gasteiger partial charge in [0.2, 0.25) is 0 Å². The molecule has 1 N–H and O–H groups in total. The van der Waals surface area contributed by atoms with Crippen LogP contribution in [-0.4, -0.2) is 25.7 Å². The lowest BCUT2D eigenvalue weighted by molar-refractivity contribution is 0.397. The Kier molecular flexibility index (Phi) is 7.56. The Balaban J connectivity index is 2.90. The Morgan fingerprint density at radius 3 is 2.83 bits per heavy atom. The van der Waals surface area contributed by atoms with E-state index in [0.29, 0.717) is 6.04 Å². The topological polar surface area (TPSA) is 21.3 Å². The second-order valence-electron chi connectivity index (χ2n) is 4.17. The molecule has 0 saturated carbocycles. The summed E-state index contributed by atoms with van der Waals surface area (Å²) in [7, 11) is 1.71. The van der Waals surface area contributed by atoms with Gasteiger partial charge in [0.15, 0.2) is 0 Å². The first-order valence-electron chi connectivity index (χ1n) is 6.28. The van der Waals surface area contributed by atoms with Crippen LogP contribution in [0.25, 0.3) is 0 Å².